The van der Waals surface area contributed by atoms with Gasteiger partial charge in [0.15, 0.2) is 0 Å². The van der Waals surface area contributed by atoms with Gasteiger partial charge in [-0.15, -0.1) is 0 Å². The molecule has 5 nitrogen and oxygen atoms in total. The summed E-state index contributed by atoms with van der Waals surface area (Å²) in [7, 11) is 0. The van der Waals surface area contributed by atoms with Gasteiger partial charge in [-0.1, -0.05) is 0 Å². The van der Waals surface area contributed by atoms with E-state index in [2.05, 4.69) is 6.07 Å². The summed E-state index contributed by atoms with van der Waals surface area (Å²) in [6.45, 7) is 7.79. The number of esters is 1. The fourth-order valence-corrected chi connectivity index (χ4v) is 1.62. The van der Waals surface area contributed by atoms with E-state index in [0.717, 1.165) is 0 Å². The number of hydrogen-bond donors (Lipinski definition) is 1. The topological polar surface area (TPSA) is 81.0 Å². The first kappa shape index (κ1) is 15.1. The third-order valence-electron chi connectivity index (χ3n) is 2.90. The van der Waals surface area contributed by atoms with Crippen molar-refractivity contribution in [1.82, 2.24) is 4.57 Å². The van der Waals surface area contributed by atoms with E-state index in [1.54, 1.807) is 16.8 Å². The molecule has 19 heavy (non-hydrogen) atoms. The first-order chi connectivity index (χ1) is 8.76. The third kappa shape index (κ3) is 4.02. The van der Waals surface area contributed by atoms with Gasteiger partial charge in [0.25, 0.3) is 0 Å². The Balaban J connectivity index is 2.67. The molecule has 104 valence electrons. The molecule has 0 atom stereocenters. The zero-order valence-corrected chi connectivity index (χ0v) is 11.9. The molecule has 1 rings (SSSR count). The summed E-state index contributed by atoms with van der Waals surface area (Å²) in [6.07, 6.45) is 2.23. The Morgan fingerprint density at radius 1 is 1.58 bits per heavy atom. The number of anilines is 1. The highest BCUT2D eigenvalue weighted by Gasteiger charge is 2.20. The van der Waals surface area contributed by atoms with Crippen LogP contribution < -0.4 is 5.73 Å². The monoisotopic (exact) mass is 263 g/mol. The molecule has 0 aliphatic carbocycles. The minimum absolute atomic E-state index is 0.135. The first-order valence-electron chi connectivity index (χ1n) is 6.32. The SMILES string of the molecule is CC(C)n1cc(N)cc1C(=O)OCCC(C)(C)C#N. The fourth-order valence-electron chi connectivity index (χ4n) is 1.62. The van der Waals surface area contributed by atoms with Gasteiger partial charge >= 0.3 is 5.97 Å². The van der Waals surface area contributed by atoms with E-state index < -0.39 is 11.4 Å². The Morgan fingerprint density at radius 2 is 2.21 bits per heavy atom. The van der Waals surface area contributed by atoms with E-state index in [1.165, 1.54) is 0 Å². The number of ether oxygens (including phenoxy) is 1. The largest absolute Gasteiger partial charge is 0.461 e. The molecule has 0 spiro atoms. The van der Waals surface area contributed by atoms with Crippen LogP contribution in [0.1, 0.15) is 50.6 Å². The second-order valence-corrected chi connectivity index (χ2v) is 5.54. The van der Waals surface area contributed by atoms with Gasteiger partial charge in [-0.3, -0.25) is 0 Å². The average molecular weight is 263 g/mol. The highest BCUT2D eigenvalue weighted by atomic mass is 16.5. The normalized spacial score (nSPS) is 11.4. The molecule has 1 heterocycles. The average Bonchev–Trinajstić information content (AvgIpc) is 2.71. The van der Waals surface area contributed by atoms with Gasteiger partial charge in [-0.05, 0) is 40.2 Å². The Kier molecular flexibility index (Phi) is 4.60. The Labute approximate surface area is 114 Å². The Morgan fingerprint density at radius 3 is 2.74 bits per heavy atom. The first-order valence-corrected chi connectivity index (χ1v) is 6.32. The second kappa shape index (κ2) is 5.79. The second-order valence-electron chi connectivity index (χ2n) is 5.54. The molecule has 0 amide bonds. The lowest BCUT2D eigenvalue weighted by Crippen LogP contribution is -2.17. The maximum Gasteiger partial charge on any atom is 0.355 e. The molecule has 0 radical (unpaired) electrons. The number of aromatic nitrogens is 1. The number of rotatable bonds is 5. The van der Waals surface area contributed by atoms with Crippen LogP contribution >= 0.6 is 0 Å². The molecule has 0 saturated carbocycles. The number of nitriles is 1. The number of carbonyl (C=O) groups is 1. The maximum absolute atomic E-state index is 12.0. The number of hydrogen-bond acceptors (Lipinski definition) is 4. The predicted molar refractivity (Wildman–Crippen MR) is 73.5 cm³/mol. The van der Waals surface area contributed by atoms with Gasteiger partial charge in [0.05, 0.1) is 23.8 Å². The molecule has 0 fully saturated rings. The van der Waals surface area contributed by atoms with Gasteiger partial charge < -0.3 is 15.0 Å². The van der Waals surface area contributed by atoms with E-state index >= 15 is 0 Å². The van der Waals surface area contributed by atoms with E-state index in [0.29, 0.717) is 17.8 Å². The number of carbonyl (C=O) groups excluding carboxylic acids is 1. The molecule has 0 bridgehead atoms. The van der Waals surface area contributed by atoms with Crippen molar-refractivity contribution < 1.29 is 9.53 Å². The lowest BCUT2D eigenvalue weighted by Gasteiger charge is -2.15. The van der Waals surface area contributed by atoms with Crippen molar-refractivity contribution in [3.05, 3.63) is 18.0 Å². The molecule has 1 aromatic heterocycles. The molecular formula is C14H21N3O2. The molecule has 0 aromatic carbocycles. The minimum atomic E-state index is -0.487. The zero-order valence-electron chi connectivity index (χ0n) is 11.9. The van der Waals surface area contributed by atoms with Crippen molar-refractivity contribution in [3.63, 3.8) is 0 Å². The van der Waals surface area contributed by atoms with E-state index in [4.69, 9.17) is 15.7 Å². The van der Waals surface area contributed by atoms with Crippen LogP contribution in [0.5, 0.6) is 0 Å². The summed E-state index contributed by atoms with van der Waals surface area (Å²) < 4.78 is 6.99. The summed E-state index contributed by atoms with van der Waals surface area (Å²) in [5, 5.41) is 8.89. The summed E-state index contributed by atoms with van der Waals surface area (Å²) in [5.41, 5.74) is 6.20. The van der Waals surface area contributed by atoms with Crippen LogP contribution in [0.2, 0.25) is 0 Å². The fraction of sp³-hybridized carbons (Fsp3) is 0.571. The molecule has 0 saturated heterocycles. The van der Waals surface area contributed by atoms with E-state index in [-0.39, 0.29) is 12.6 Å². The molecule has 5 heteroatoms. The number of nitrogen functional groups attached to an aromatic ring is 1. The van der Waals surface area contributed by atoms with Crippen molar-refractivity contribution in [2.75, 3.05) is 12.3 Å². The molecule has 0 aliphatic heterocycles. The van der Waals surface area contributed by atoms with Crippen LogP contribution in [0, 0.1) is 16.7 Å². The van der Waals surface area contributed by atoms with Gasteiger partial charge in [-0.2, -0.15) is 5.26 Å². The summed E-state index contributed by atoms with van der Waals surface area (Å²) in [6, 6.07) is 3.92. The smallest absolute Gasteiger partial charge is 0.355 e. The molecule has 0 unspecified atom stereocenters. The van der Waals surface area contributed by atoms with Gasteiger partial charge in [0.1, 0.15) is 5.69 Å². The minimum Gasteiger partial charge on any atom is -0.461 e. The van der Waals surface area contributed by atoms with Crippen LogP contribution in [0.4, 0.5) is 5.69 Å². The van der Waals surface area contributed by atoms with Crippen molar-refractivity contribution >= 4 is 11.7 Å². The number of nitrogens with zero attached hydrogens (tertiary/aromatic N) is 2. The molecular weight excluding hydrogens is 242 g/mol. The summed E-state index contributed by atoms with van der Waals surface area (Å²) in [5.74, 6) is -0.404. The van der Waals surface area contributed by atoms with Crippen LogP contribution in [-0.2, 0) is 4.74 Å². The molecule has 1 aromatic rings. The van der Waals surface area contributed by atoms with Crippen molar-refractivity contribution in [2.24, 2.45) is 5.41 Å². The van der Waals surface area contributed by atoms with Crippen molar-refractivity contribution in [2.45, 2.75) is 40.2 Å². The highest BCUT2D eigenvalue weighted by Crippen LogP contribution is 2.20. The quantitative estimate of drug-likeness (QED) is 0.828. The molecule has 0 aliphatic rings. The van der Waals surface area contributed by atoms with Gasteiger partial charge in [0.2, 0.25) is 0 Å². The maximum atomic E-state index is 12.0. The standard InChI is InChI=1S/C14H21N3O2/c1-10(2)17-8-11(16)7-12(17)13(18)19-6-5-14(3,4)9-15/h7-8,10H,5-6,16H2,1-4H3. The van der Waals surface area contributed by atoms with E-state index in [9.17, 15) is 4.79 Å². The van der Waals surface area contributed by atoms with Crippen LogP contribution in [0.25, 0.3) is 0 Å². The molecule has 2 N–H and O–H groups in total. The van der Waals surface area contributed by atoms with Gasteiger partial charge in [0, 0.05) is 12.2 Å². The predicted octanol–water partition coefficient (Wildman–Crippen LogP) is 2.75. The van der Waals surface area contributed by atoms with Crippen LogP contribution in [0.3, 0.4) is 0 Å². The summed E-state index contributed by atoms with van der Waals surface area (Å²) >= 11 is 0. The Bertz CT molecular complexity index is 495. The van der Waals surface area contributed by atoms with Crippen LogP contribution in [0.15, 0.2) is 12.3 Å². The summed E-state index contributed by atoms with van der Waals surface area (Å²) in [4.78, 5) is 12.0. The van der Waals surface area contributed by atoms with Crippen molar-refractivity contribution in [1.29, 1.82) is 5.26 Å². The lowest BCUT2D eigenvalue weighted by atomic mass is 9.92. The number of nitrogens with two attached hydrogens (primary N) is 1. The Hall–Kier alpha value is -1.96. The van der Waals surface area contributed by atoms with Crippen LogP contribution in [-0.4, -0.2) is 17.1 Å². The third-order valence-corrected chi connectivity index (χ3v) is 2.90. The highest BCUT2D eigenvalue weighted by molar-refractivity contribution is 5.89. The lowest BCUT2D eigenvalue weighted by molar-refractivity contribution is 0.0460. The zero-order chi connectivity index (χ0) is 14.6. The van der Waals surface area contributed by atoms with Crippen molar-refractivity contribution in [3.8, 4) is 6.07 Å². The van der Waals surface area contributed by atoms with Gasteiger partial charge in [-0.25, -0.2) is 4.79 Å². The van der Waals surface area contributed by atoms with E-state index in [1.807, 2.05) is 27.7 Å².